The highest BCUT2D eigenvalue weighted by Gasteiger charge is 2.19. The van der Waals surface area contributed by atoms with Crippen LogP contribution in [0.15, 0.2) is 4.99 Å². The van der Waals surface area contributed by atoms with E-state index in [1.165, 1.54) is 24.1 Å². The van der Waals surface area contributed by atoms with Gasteiger partial charge in [-0.25, -0.2) is 0 Å². The molecule has 1 N–H and O–H groups in total. The third-order valence-electron chi connectivity index (χ3n) is 4.49. The standard InChI is InChI=1S/C16H29N5.HI/c1-12-7-6-10-21(11-12)16(17-4)18-9-8-15-13(2)19-20(5)14(15)3;/h12H,6-11H2,1-5H3,(H,17,18);1H. The first-order valence-electron chi connectivity index (χ1n) is 7.97. The van der Waals surface area contributed by atoms with Crippen LogP contribution >= 0.6 is 24.0 Å². The SMILES string of the molecule is CN=C(NCCc1c(C)nn(C)c1C)N1CCCC(C)C1.I. The van der Waals surface area contributed by atoms with Gasteiger partial charge in [-0.15, -0.1) is 24.0 Å². The maximum absolute atomic E-state index is 4.48. The second-order valence-corrected chi connectivity index (χ2v) is 6.19. The maximum Gasteiger partial charge on any atom is 0.193 e. The van der Waals surface area contributed by atoms with Crippen molar-refractivity contribution in [3.05, 3.63) is 17.0 Å². The lowest BCUT2D eigenvalue weighted by molar-refractivity contribution is 0.266. The molecule has 0 spiro atoms. The van der Waals surface area contributed by atoms with Crippen LogP contribution in [0.2, 0.25) is 0 Å². The zero-order valence-electron chi connectivity index (χ0n) is 14.5. The summed E-state index contributed by atoms with van der Waals surface area (Å²) >= 11 is 0. The molecular weight excluding hydrogens is 389 g/mol. The van der Waals surface area contributed by atoms with E-state index in [-0.39, 0.29) is 24.0 Å². The third-order valence-corrected chi connectivity index (χ3v) is 4.49. The molecule has 126 valence electrons. The Morgan fingerprint density at radius 2 is 2.14 bits per heavy atom. The van der Waals surface area contributed by atoms with E-state index < -0.39 is 0 Å². The average Bonchev–Trinajstić information content (AvgIpc) is 2.69. The highest BCUT2D eigenvalue weighted by Crippen LogP contribution is 2.15. The number of piperidine rings is 1. The molecule has 0 aromatic carbocycles. The molecule has 1 aromatic rings. The molecule has 1 aromatic heterocycles. The molecule has 0 saturated carbocycles. The minimum absolute atomic E-state index is 0. The van der Waals surface area contributed by atoms with E-state index in [4.69, 9.17) is 0 Å². The van der Waals surface area contributed by atoms with Crippen LogP contribution in [0.25, 0.3) is 0 Å². The molecule has 0 amide bonds. The molecule has 0 bridgehead atoms. The highest BCUT2D eigenvalue weighted by molar-refractivity contribution is 14.0. The molecule has 1 atom stereocenters. The Balaban J connectivity index is 0.00000242. The van der Waals surface area contributed by atoms with Crippen LogP contribution in [0, 0.1) is 19.8 Å². The van der Waals surface area contributed by atoms with E-state index >= 15 is 0 Å². The molecule has 1 unspecified atom stereocenters. The molecule has 1 aliphatic rings. The Labute approximate surface area is 151 Å². The summed E-state index contributed by atoms with van der Waals surface area (Å²) in [5.74, 6) is 1.81. The van der Waals surface area contributed by atoms with Crippen LogP contribution in [0.4, 0.5) is 0 Å². The number of aromatic nitrogens is 2. The van der Waals surface area contributed by atoms with Crippen molar-refractivity contribution in [1.82, 2.24) is 20.0 Å². The molecule has 5 nitrogen and oxygen atoms in total. The number of halogens is 1. The summed E-state index contributed by atoms with van der Waals surface area (Å²) in [6, 6.07) is 0. The van der Waals surface area contributed by atoms with Gasteiger partial charge in [0.25, 0.3) is 0 Å². The highest BCUT2D eigenvalue weighted by atomic mass is 127. The lowest BCUT2D eigenvalue weighted by atomic mass is 10.0. The Bertz CT molecular complexity index is 509. The van der Waals surface area contributed by atoms with Gasteiger partial charge in [0.2, 0.25) is 0 Å². The third kappa shape index (κ3) is 4.60. The Morgan fingerprint density at radius 3 is 2.68 bits per heavy atom. The van der Waals surface area contributed by atoms with Gasteiger partial charge >= 0.3 is 0 Å². The second-order valence-electron chi connectivity index (χ2n) is 6.19. The number of guanidine groups is 1. The van der Waals surface area contributed by atoms with E-state index in [2.05, 4.69) is 41.1 Å². The van der Waals surface area contributed by atoms with Gasteiger partial charge in [0.15, 0.2) is 5.96 Å². The minimum atomic E-state index is 0. The first-order valence-corrected chi connectivity index (χ1v) is 7.97. The number of nitrogens with zero attached hydrogens (tertiary/aromatic N) is 4. The van der Waals surface area contributed by atoms with Crippen LogP contribution in [0.3, 0.4) is 0 Å². The number of likely N-dealkylation sites (tertiary alicyclic amines) is 1. The van der Waals surface area contributed by atoms with Crippen LogP contribution in [-0.2, 0) is 13.5 Å². The van der Waals surface area contributed by atoms with Gasteiger partial charge in [-0.05, 0) is 44.6 Å². The van der Waals surface area contributed by atoms with Crippen LogP contribution in [0.1, 0.15) is 36.7 Å². The Morgan fingerprint density at radius 1 is 1.41 bits per heavy atom. The van der Waals surface area contributed by atoms with Crippen LogP contribution < -0.4 is 5.32 Å². The predicted molar refractivity (Wildman–Crippen MR) is 103 cm³/mol. The van der Waals surface area contributed by atoms with Gasteiger partial charge in [-0.1, -0.05) is 6.92 Å². The number of rotatable bonds is 3. The second kappa shape index (κ2) is 8.74. The molecule has 1 saturated heterocycles. The predicted octanol–water partition coefficient (Wildman–Crippen LogP) is 2.50. The van der Waals surface area contributed by atoms with Gasteiger partial charge in [0, 0.05) is 39.4 Å². The number of aryl methyl sites for hydroxylation is 2. The van der Waals surface area contributed by atoms with Gasteiger partial charge in [0.1, 0.15) is 0 Å². The molecule has 2 heterocycles. The van der Waals surface area contributed by atoms with E-state index in [1.54, 1.807) is 0 Å². The molecule has 0 aliphatic carbocycles. The fourth-order valence-electron chi connectivity index (χ4n) is 3.19. The Kier molecular flexibility index (Phi) is 7.65. The van der Waals surface area contributed by atoms with Crippen LogP contribution in [-0.4, -0.2) is 47.3 Å². The fourth-order valence-corrected chi connectivity index (χ4v) is 3.19. The van der Waals surface area contributed by atoms with Crippen molar-refractivity contribution in [1.29, 1.82) is 0 Å². The van der Waals surface area contributed by atoms with Crippen molar-refractivity contribution < 1.29 is 0 Å². The molecule has 1 fully saturated rings. The lowest BCUT2D eigenvalue weighted by Gasteiger charge is -2.33. The topological polar surface area (TPSA) is 45.5 Å². The summed E-state index contributed by atoms with van der Waals surface area (Å²) < 4.78 is 1.96. The van der Waals surface area contributed by atoms with Crippen molar-refractivity contribution in [2.24, 2.45) is 18.0 Å². The molecule has 22 heavy (non-hydrogen) atoms. The van der Waals surface area contributed by atoms with Gasteiger partial charge < -0.3 is 10.2 Å². The van der Waals surface area contributed by atoms with Crippen molar-refractivity contribution in [3.8, 4) is 0 Å². The number of hydrogen-bond donors (Lipinski definition) is 1. The fraction of sp³-hybridized carbons (Fsp3) is 0.750. The van der Waals surface area contributed by atoms with E-state index in [0.717, 1.165) is 43.6 Å². The minimum Gasteiger partial charge on any atom is -0.356 e. The quantitative estimate of drug-likeness (QED) is 0.465. The maximum atomic E-state index is 4.48. The van der Waals surface area contributed by atoms with E-state index in [0.29, 0.717) is 0 Å². The van der Waals surface area contributed by atoms with Crippen molar-refractivity contribution in [2.45, 2.75) is 40.0 Å². The van der Waals surface area contributed by atoms with Crippen molar-refractivity contribution in [2.75, 3.05) is 26.7 Å². The summed E-state index contributed by atoms with van der Waals surface area (Å²) in [7, 11) is 3.88. The van der Waals surface area contributed by atoms with Crippen LogP contribution in [0.5, 0.6) is 0 Å². The first-order chi connectivity index (χ1) is 10.0. The average molecular weight is 419 g/mol. The van der Waals surface area contributed by atoms with Gasteiger partial charge in [0.05, 0.1) is 5.69 Å². The molecular formula is C16H30IN5. The lowest BCUT2D eigenvalue weighted by Crippen LogP contribution is -2.46. The number of aliphatic imine (C=N–C) groups is 1. The number of nitrogens with one attached hydrogen (secondary N) is 1. The molecule has 2 rings (SSSR count). The first kappa shape index (κ1) is 19.3. The van der Waals surface area contributed by atoms with Gasteiger partial charge in [-0.3, -0.25) is 9.67 Å². The normalized spacial score (nSPS) is 19.0. The summed E-state index contributed by atoms with van der Waals surface area (Å²) in [6.45, 7) is 9.69. The van der Waals surface area contributed by atoms with E-state index in [9.17, 15) is 0 Å². The molecule has 0 radical (unpaired) electrons. The molecule has 6 heteroatoms. The smallest absolute Gasteiger partial charge is 0.193 e. The van der Waals surface area contributed by atoms with Crippen molar-refractivity contribution in [3.63, 3.8) is 0 Å². The molecule has 1 aliphatic heterocycles. The Hall–Kier alpha value is -0.790. The van der Waals surface area contributed by atoms with Gasteiger partial charge in [-0.2, -0.15) is 5.10 Å². The number of hydrogen-bond acceptors (Lipinski definition) is 2. The summed E-state index contributed by atoms with van der Waals surface area (Å²) in [5.41, 5.74) is 3.75. The summed E-state index contributed by atoms with van der Waals surface area (Å²) in [6.07, 6.45) is 3.60. The zero-order valence-corrected chi connectivity index (χ0v) is 16.8. The largest absolute Gasteiger partial charge is 0.356 e. The zero-order chi connectivity index (χ0) is 15.4. The van der Waals surface area contributed by atoms with E-state index in [1.807, 2.05) is 18.8 Å². The van der Waals surface area contributed by atoms with Crippen molar-refractivity contribution >= 4 is 29.9 Å². The summed E-state index contributed by atoms with van der Waals surface area (Å²) in [5, 5.41) is 7.99. The monoisotopic (exact) mass is 419 g/mol. The summed E-state index contributed by atoms with van der Waals surface area (Å²) in [4.78, 5) is 6.82.